The SMILES string of the molecule is O=C(Cn1nc(-c2cccs2)ccc1=O)Nc1ccc(F)c([N+](=O)[O-])c1. The highest BCUT2D eigenvalue weighted by Gasteiger charge is 2.16. The van der Waals surface area contributed by atoms with E-state index >= 15 is 0 Å². The number of rotatable bonds is 5. The fraction of sp³-hybridized carbons (Fsp3) is 0.0625. The molecule has 0 fully saturated rings. The molecule has 3 rings (SSSR count). The third kappa shape index (κ3) is 3.81. The van der Waals surface area contributed by atoms with E-state index in [4.69, 9.17) is 0 Å². The molecule has 0 aliphatic carbocycles. The van der Waals surface area contributed by atoms with Crippen molar-refractivity contribution in [2.24, 2.45) is 0 Å². The fourth-order valence-corrected chi connectivity index (χ4v) is 2.88. The minimum absolute atomic E-state index is 0.0468. The van der Waals surface area contributed by atoms with Crippen LogP contribution in [0.4, 0.5) is 15.8 Å². The summed E-state index contributed by atoms with van der Waals surface area (Å²) in [5.41, 5.74) is -0.626. The molecule has 3 aromatic rings. The average molecular weight is 374 g/mol. The number of nitro groups is 1. The van der Waals surface area contributed by atoms with Crippen molar-refractivity contribution in [2.45, 2.75) is 6.54 Å². The van der Waals surface area contributed by atoms with Gasteiger partial charge in [-0.3, -0.25) is 19.7 Å². The Bertz CT molecular complexity index is 1030. The number of aromatic nitrogens is 2. The number of hydrogen-bond acceptors (Lipinski definition) is 6. The van der Waals surface area contributed by atoms with Crippen LogP contribution in [0, 0.1) is 15.9 Å². The van der Waals surface area contributed by atoms with Crippen LogP contribution in [0.3, 0.4) is 0 Å². The normalized spacial score (nSPS) is 10.5. The number of anilines is 1. The summed E-state index contributed by atoms with van der Waals surface area (Å²) < 4.78 is 14.3. The molecule has 0 saturated heterocycles. The van der Waals surface area contributed by atoms with E-state index in [2.05, 4.69) is 10.4 Å². The molecular weight excluding hydrogens is 363 g/mol. The molecule has 0 radical (unpaired) electrons. The van der Waals surface area contributed by atoms with Crippen molar-refractivity contribution in [1.29, 1.82) is 0 Å². The van der Waals surface area contributed by atoms with E-state index in [9.17, 15) is 24.1 Å². The molecule has 8 nitrogen and oxygen atoms in total. The molecule has 1 amide bonds. The van der Waals surface area contributed by atoms with Crippen LogP contribution in [0.15, 0.2) is 52.6 Å². The smallest absolute Gasteiger partial charge is 0.306 e. The van der Waals surface area contributed by atoms with E-state index in [1.165, 1.54) is 23.5 Å². The van der Waals surface area contributed by atoms with E-state index in [1.807, 2.05) is 17.5 Å². The number of hydrogen-bond donors (Lipinski definition) is 1. The second kappa shape index (κ2) is 7.23. The number of nitrogens with zero attached hydrogens (tertiary/aromatic N) is 3. The van der Waals surface area contributed by atoms with Gasteiger partial charge in [-0.25, -0.2) is 4.68 Å². The summed E-state index contributed by atoms with van der Waals surface area (Å²) in [5.74, 6) is -1.63. The summed E-state index contributed by atoms with van der Waals surface area (Å²) in [6, 6.07) is 9.52. The zero-order chi connectivity index (χ0) is 18.7. The number of carbonyl (C=O) groups is 1. The van der Waals surface area contributed by atoms with Gasteiger partial charge in [0.15, 0.2) is 0 Å². The van der Waals surface area contributed by atoms with Crippen LogP contribution < -0.4 is 10.9 Å². The standard InChI is InChI=1S/C16H11FN4O4S/c17-11-4-3-10(8-13(11)21(24)25)18-15(22)9-20-16(23)6-5-12(19-20)14-2-1-7-26-14/h1-8H,9H2,(H,18,22). The molecule has 0 spiro atoms. The average Bonchev–Trinajstić information content (AvgIpc) is 3.13. The quantitative estimate of drug-likeness (QED) is 0.546. The topological polar surface area (TPSA) is 107 Å². The molecule has 1 aromatic carbocycles. The lowest BCUT2D eigenvalue weighted by atomic mass is 10.2. The Morgan fingerprint density at radius 2 is 2.12 bits per heavy atom. The van der Waals surface area contributed by atoms with Crippen molar-refractivity contribution in [3.05, 3.63) is 74.1 Å². The largest absolute Gasteiger partial charge is 0.324 e. The Kier molecular flexibility index (Phi) is 4.85. The van der Waals surface area contributed by atoms with Gasteiger partial charge in [-0.2, -0.15) is 9.49 Å². The minimum atomic E-state index is -1.01. The van der Waals surface area contributed by atoms with Crippen molar-refractivity contribution in [2.75, 3.05) is 5.32 Å². The summed E-state index contributed by atoms with van der Waals surface area (Å²) in [7, 11) is 0. The van der Waals surface area contributed by atoms with Gasteiger partial charge in [-0.05, 0) is 29.6 Å². The molecule has 0 bridgehead atoms. The lowest BCUT2D eigenvalue weighted by Gasteiger charge is -2.08. The summed E-state index contributed by atoms with van der Waals surface area (Å²) >= 11 is 1.44. The van der Waals surface area contributed by atoms with E-state index in [0.29, 0.717) is 5.69 Å². The molecule has 0 atom stereocenters. The molecule has 0 aliphatic heterocycles. The van der Waals surface area contributed by atoms with Crippen molar-refractivity contribution in [1.82, 2.24) is 9.78 Å². The van der Waals surface area contributed by atoms with Crippen molar-refractivity contribution < 1.29 is 14.1 Å². The van der Waals surface area contributed by atoms with Crippen molar-refractivity contribution in [3.8, 4) is 10.6 Å². The van der Waals surface area contributed by atoms with Crippen LogP contribution in [-0.4, -0.2) is 20.6 Å². The van der Waals surface area contributed by atoms with Gasteiger partial charge in [-0.1, -0.05) is 6.07 Å². The second-order valence-electron chi connectivity index (χ2n) is 5.16. The predicted octanol–water partition coefficient (Wildman–Crippen LogP) is 2.66. The van der Waals surface area contributed by atoms with Gasteiger partial charge in [0.25, 0.3) is 5.56 Å². The van der Waals surface area contributed by atoms with E-state index < -0.39 is 27.9 Å². The molecule has 2 heterocycles. The number of nitro benzene ring substituents is 1. The first-order valence-corrected chi connectivity index (χ1v) is 8.18. The van der Waals surface area contributed by atoms with Crippen LogP contribution in [0.1, 0.15) is 0 Å². The first kappa shape index (κ1) is 17.4. The van der Waals surface area contributed by atoms with Crippen LogP contribution in [-0.2, 0) is 11.3 Å². The Hall–Kier alpha value is -3.40. The van der Waals surface area contributed by atoms with Gasteiger partial charge in [0, 0.05) is 17.8 Å². The van der Waals surface area contributed by atoms with Gasteiger partial charge in [0.05, 0.1) is 9.80 Å². The highest BCUT2D eigenvalue weighted by Crippen LogP contribution is 2.22. The van der Waals surface area contributed by atoms with Crippen LogP contribution >= 0.6 is 11.3 Å². The Labute approximate surface area is 149 Å². The molecular formula is C16H11FN4O4S. The molecule has 132 valence electrons. The maximum atomic E-state index is 13.3. The van der Waals surface area contributed by atoms with Gasteiger partial charge in [0.1, 0.15) is 12.2 Å². The lowest BCUT2D eigenvalue weighted by molar-refractivity contribution is -0.387. The number of halogens is 1. The molecule has 2 aromatic heterocycles. The summed E-state index contributed by atoms with van der Waals surface area (Å²) in [4.78, 5) is 34.7. The van der Waals surface area contributed by atoms with Crippen LogP contribution in [0.25, 0.3) is 10.6 Å². The maximum absolute atomic E-state index is 13.3. The number of benzene rings is 1. The van der Waals surface area contributed by atoms with Crippen LogP contribution in [0.5, 0.6) is 0 Å². The molecule has 0 saturated carbocycles. The Morgan fingerprint density at radius 1 is 1.31 bits per heavy atom. The van der Waals surface area contributed by atoms with Crippen molar-refractivity contribution >= 4 is 28.6 Å². The predicted molar refractivity (Wildman–Crippen MR) is 93.5 cm³/mol. The third-order valence-electron chi connectivity index (χ3n) is 3.36. The van der Waals surface area contributed by atoms with Gasteiger partial charge < -0.3 is 5.32 Å². The highest BCUT2D eigenvalue weighted by atomic mass is 32.1. The highest BCUT2D eigenvalue weighted by molar-refractivity contribution is 7.13. The summed E-state index contributed by atoms with van der Waals surface area (Å²) in [6.07, 6.45) is 0. The van der Waals surface area contributed by atoms with E-state index in [0.717, 1.165) is 21.7 Å². The van der Waals surface area contributed by atoms with E-state index in [-0.39, 0.29) is 12.2 Å². The zero-order valence-corrected chi connectivity index (χ0v) is 13.9. The first-order chi connectivity index (χ1) is 12.4. The number of thiophene rings is 1. The van der Waals surface area contributed by atoms with Crippen LogP contribution in [0.2, 0.25) is 0 Å². The third-order valence-corrected chi connectivity index (χ3v) is 4.25. The summed E-state index contributed by atoms with van der Waals surface area (Å²) in [5, 5.41) is 19.1. The molecule has 0 aliphatic rings. The fourth-order valence-electron chi connectivity index (χ4n) is 2.18. The van der Waals surface area contributed by atoms with E-state index in [1.54, 1.807) is 6.07 Å². The number of amides is 1. The summed E-state index contributed by atoms with van der Waals surface area (Å²) in [6.45, 7) is -0.386. The molecule has 26 heavy (non-hydrogen) atoms. The van der Waals surface area contributed by atoms with Crippen molar-refractivity contribution in [3.63, 3.8) is 0 Å². The second-order valence-corrected chi connectivity index (χ2v) is 6.11. The van der Waals surface area contributed by atoms with Gasteiger partial charge >= 0.3 is 5.69 Å². The monoisotopic (exact) mass is 374 g/mol. The molecule has 10 heteroatoms. The van der Waals surface area contributed by atoms with Gasteiger partial charge in [0.2, 0.25) is 11.7 Å². The number of nitrogens with one attached hydrogen (secondary N) is 1. The lowest BCUT2D eigenvalue weighted by Crippen LogP contribution is -2.29. The maximum Gasteiger partial charge on any atom is 0.306 e. The zero-order valence-electron chi connectivity index (χ0n) is 13.1. The Balaban J connectivity index is 1.78. The first-order valence-electron chi connectivity index (χ1n) is 7.30. The van der Waals surface area contributed by atoms with Gasteiger partial charge in [-0.15, -0.1) is 11.3 Å². The minimum Gasteiger partial charge on any atom is -0.324 e. The molecule has 0 unspecified atom stereocenters. The molecule has 1 N–H and O–H groups in total. The number of carbonyl (C=O) groups excluding carboxylic acids is 1. The Morgan fingerprint density at radius 3 is 2.81 bits per heavy atom.